The van der Waals surface area contributed by atoms with Crippen LogP contribution in [0.2, 0.25) is 0 Å². The molecule has 0 aliphatic heterocycles. The molecule has 39 heavy (non-hydrogen) atoms. The maximum absolute atomic E-state index is 14.0. The molecule has 0 bridgehead atoms. The number of rotatable bonds is 18. The monoisotopic (exact) mass is 628 g/mol. The number of ether oxygens (including phenoxy) is 2. The van der Waals surface area contributed by atoms with Crippen molar-refractivity contribution in [2.24, 2.45) is 0 Å². The van der Waals surface area contributed by atoms with Gasteiger partial charge in [-0.05, 0) is 49.2 Å². The Labute approximate surface area is 236 Å². The summed E-state index contributed by atoms with van der Waals surface area (Å²) >= 11 is 3.31. The van der Waals surface area contributed by atoms with Gasteiger partial charge in [0, 0.05) is 16.6 Å². The molecular weight excluding hydrogens is 595 g/mol. The van der Waals surface area contributed by atoms with Gasteiger partial charge < -0.3 is 18.5 Å². The van der Waals surface area contributed by atoms with E-state index in [2.05, 4.69) is 21.0 Å². The summed E-state index contributed by atoms with van der Waals surface area (Å²) in [7, 11) is -4.41. The highest BCUT2D eigenvalue weighted by atomic mass is 79.9. The Morgan fingerprint density at radius 3 is 1.92 bits per heavy atom. The summed E-state index contributed by atoms with van der Waals surface area (Å²) in [5, 5.41) is 13.5. The van der Waals surface area contributed by atoms with Crippen molar-refractivity contribution in [3.05, 3.63) is 63.1 Å². The van der Waals surface area contributed by atoms with Crippen LogP contribution in [-0.2, 0) is 23.6 Å². The molecule has 0 aliphatic rings. The molecule has 0 fully saturated rings. The third kappa shape index (κ3) is 12.2. The van der Waals surface area contributed by atoms with Crippen molar-refractivity contribution in [1.29, 1.82) is 0 Å². The second-order valence-corrected chi connectivity index (χ2v) is 11.1. The van der Waals surface area contributed by atoms with Crippen LogP contribution < -0.4 is 14.1 Å². The number of non-ortho nitro benzene ring substituents is 1. The first-order valence-electron chi connectivity index (χ1n) is 12.7. The van der Waals surface area contributed by atoms with Crippen molar-refractivity contribution >= 4 is 41.3 Å². The van der Waals surface area contributed by atoms with E-state index >= 15 is 0 Å². The first kappa shape index (κ1) is 32.3. The molecule has 2 aromatic rings. The lowest BCUT2D eigenvalue weighted by Gasteiger charge is -2.24. The van der Waals surface area contributed by atoms with Crippen LogP contribution in [0.15, 0.2) is 53.0 Å². The van der Waals surface area contributed by atoms with E-state index in [4.69, 9.17) is 18.5 Å². The lowest BCUT2D eigenvalue weighted by Crippen LogP contribution is -2.40. The molecule has 2 atom stereocenters. The van der Waals surface area contributed by atoms with Crippen LogP contribution >= 0.6 is 23.7 Å². The molecule has 13 heteroatoms. The second kappa shape index (κ2) is 16.9. The Morgan fingerprint density at radius 2 is 1.41 bits per heavy atom. The largest absolute Gasteiger partial charge is 0.513 e. The minimum absolute atomic E-state index is 0.0225. The Morgan fingerprint density at radius 1 is 0.897 bits per heavy atom. The molecular formula is C26H34BrN2O9P. The van der Waals surface area contributed by atoms with Gasteiger partial charge in [0.25, 0.3) is 5.69 Å². The molecule has 0 spiro atoms. The van der Waals surface area contributed by atoms with Gasteiger partial charge in [0.1, 0.15) is 17.5 Å². The van der Waals surface area contributed by atoms with Gasteiger partial charge in [0.05, 0.1) is 24.6 Å². The van der Waals surface area contributed by atoms with Crippen LogP contribution in [0.1, 0.15) is 58.8 Å². The summed E-state index contributed by atoms with van der Waals surface area (Å²) in [6.07, 6.45) is 4.42. The van der Waals surface area contributed by atoms with Crippen molar-refractivity contribution < 1.29 is 37.6 Å². The van der Waals surface area contributed by atoms with Crippen LogP contribution in [-0.4, -0.2) is 36.1 Å². The number of hydrogen-bond acceptors (Lipinski definition) is 9. The van der Waals surface area contributed by atoms with Crippen LogP contribution in [0.3, 0.4) is 0 Å². The summed E-state index contributed by atoms with van der Waals surface area (Å²) in [6.45, 7) is 4.34. The van der Waals surface area contributed by atoms with Crippen molar-refractivity contribution in [3.8, 4) is 11.5 Å². The first-order chi connectivity index (χ1) is 18.7. The van der Waals surface area contributed by atoms with E-state index in [1.165, 1.54) is 36.4 Å². The summed E-state index contributed by atoms with van der Waals surface area (Å²) in [6, 6.07) is 9.78. The quantitative estimate of drug-likeness (QED) is 0.0619. The van der Waals surface area contributed by atoms with Crippen molar-refractivity contribution in [3.63, 3.8) is 0 Å². The highest BCUT2D eigenvalue weighted by molar-refractivity contribution is 9.10. The molecule has 2 rings (SSSR count). The molecule has 0 saturated heterocycles. The zero-order valence-electron chi connectivity index (χ0n) is 22.0. The van der Waals surface area contributed by atoms with Crippen LogP contribution in [0.4, 0.5) is 5.69 Å². The van der Waals surface area contributed by atoms with Gasteiger partial charge in [-0.1, -0.05) is 55.5 Å². The van der Waals surface area contributed by atoms with Crippen molar-refractivity contribution in [2.45, 2.75) is 64.8 Å². The summed E-state index contributed by atoms with van der Waals surface area (Å²) in [4.78, 5) is 35.9. The third-order valence-corrected chi connectivity index (χ3v) is 7.34. The molecule has 0 aliphatic carbocycles. The van der Waals surface area contributed by atoms with E-state index in [0.717, 1.165) is 30.2 Å². The van der Waals surface area contributed by atoms with Crippen LogP contribution in [0, 0.1) is 10.1 Å². The van der Waals surface area contributed by atoms with Gasteiger partial charge >= 0.3 is 19.7 Å². The molecule has 0 amide bonds. The van der Waals surface area contributed by atoms with Gasteiger partial charge in [-0.15, -0.1) is 0 Å². The SMILES string of the molecule is CCCCCOC(=O)C[C@H](NP(=O)(Oc1ccc(Br)cc1)Oc1ccc([N+](=O)[O-])cc1)C(=O)OCCCCC. The average Bonchev–Trinajstić information content (AvgIpc) is 2.90. The number of nitro groups is 1. The molecule has 11 nitrogen and oxygen atoms in total. The fourth-order valence-electron chi connectivity index (χ4n) is 3.23. The van der Waals surface area contributed by atoms with E-state index in [1.807, 2.05) is 13.8 Å². The lowest BCUT2D eigenvalue weighted by atomic mass is 10.2. The highest BCUT2D eigenvalue weighted by Gasteiger charge is 2.37. The van der Waals surface area contributed by atoms with Gasteiger partial charge in [-0.25, -0.2) is 4.57 Å². The Hall–Kier alpha value is -2.95. The number of nitrogens with zero attached hydrogens (tertiary/aromatic N) is 1. The normalized spacial score (nSPS) is 13.1. The van der Waals surface area contributed by atoms with E-state index in [-0.39, 0.29) is 30.4 Å². The fraction of sp³-hybridized carbons (Fsp3) is 0.462. The van der Waals surface area contributed by atoms with Gasteiger partial charge in [-0.3, -0.25) is 19.7 Å². The van der Waals surface area contributed by atoms with Crippen molar-refractivity contribution in [2.75, 3.05) is 13.2 Å². The minimum Gasteiger partial charge on any atom is -0.466 e. The van der Waals surface area contributed by atoms with Gasteiger partial charge in [0.2, 0.25) is 0 Å². The number of hydrogen-bond donors (Lipinski definition) is 1. The molecule has 2 aromatic carbocycles. The van der Waals surface area contributed by atoms with Crippen LogP contribution in [0.25, 0.3) is 0 Å². The Balaban J connectivity index is 2.29. The van der Waals surface area contributed by atoms with E-state index in [1.54, 1.807) is 12.1 Å². The lowest BCUT2D eigenvalue weighted by molar-refractivity contribution is -0.384. The highest BCUT2D eigenvalue weighted by Crippen LogP contribution is 2.46. The predicted molar refractivity (Wildman–Crippen MR) is 149 cm³/mol. The van der Waals surface area contributed by atoms with E-state index < -0.39 is 37.1 Å². The zero-order valence-corrected chi connectivity index (χ0v) is 24.5. The van der Waals surface area contributed by atoms with Crippen molar-refractivity contribution in [1.82, 2.24) is 5.09 Å². The average molecular weight is 629 g/mol. The molecule has 0 radical (unpaired) electrons. The van der Waals surface area contributed by atoms with Crippen LogP contribution in [0.5, 0.6) is 11.5 Å². The first-order valence-corrected chi connectivity index (χ1v) is 15.1. The number of nitrogens with one attached hydrogen (secondary N) is 1. The molecule has 214 valence electrons. The smallest absolute Gasteiger partial charge is 0.466 e. The molecule has 1 unspecified atom stereocenters. The molecule has 1 N–H and O–H groups in total. The fourth-order valence-corrected chi connectivity index (χ4v) is 5.02. The maximum atomic E-state index is 14.0. The summed E-state index contributed by atoms with van der Waals surface area (Å²) < 4.78 is 36.6. The number of nitro benzene ring substituents is 1. The molecule has 0 aromatic heterocycles. The predicted octanol–water partition coefficient (Wildman–Crippen LogP) is 6.74. The number of carbonyl (C=O) groups is 2. The van der Waals surface area contributed by atoms with Gasteiger partial charge in [0.15, 0.2) is 0 Å². The second-order valence-electron chi connectivity index (χ2n) is 8.57. The van der Waals surface area contributed by atoms with E-state index in [9.17, 15) is 24.3 Å². The third-order valence-electron chi connectivity index (χ3n) is 5.28. The van der Waals surface area contributed by atoms with E-state index in [0.29, 0.717) is 12.8 Å². The zero-order chi connectivity index (χ0) is 28.7. The standard InChI is InChI=1S/C26H34BrN2O9P/c1-3-5-7-17-35-25(30)19-24(26(31)36-18-8-6-4-2)28-39(34,37-22-13-9-20(27)10-14-22)38-23-15-11-21(12-16-23)29(32)33/h9-16,24H,3-8,17-19H2,1-2H3,(H,28,34)/t24-,39?/m0/s1. The molecule has 0 saturated carbocycles. The topological polar surface area (TPSA) is 143 Å². The van der Waals surface area contributed by atoms with Gasteiger partial charge in [-0.2, -0.15) is 5.09 Å². The number of esters is 2. The maximum Gasteiger partial charge on any atom is 0.513 e. The number of unbranched alkanes of at least 4 members (excludes halogenated alkanes) is 4. The Bertz CT molecular complexity index is 1110. The minimum atomic E-state index is -4.41. The Kier molecular flexibility index (Phi) is 14.0. The molecule has 0 heterocycles. The summed E-state index contributed by atoms with van der Waals surface area (Å²) in [5.41, 5.74) is -0.196. The number of carbonyl (C=O) groups excluding carboxylic acids is 2. The number of halogens is 1. The summed E-state index contributed by atoms with van der Waals surface area (Å²) in [5.74, 6) is -1.37. The number of benzene rings is 2.